The first kappa shape index (κ1) is 18.9. The van der Waals surface area contributed by atoms with Crippen molar-refractivity contribution in [2.45, 2.75) is 18.3 Å². The zero-order valence-electron chi connectivity index (χ0n) is 18.0. The molecule has 1 heteroatoms. The first-order valence-corrected chi connectivity index (χ1v) is 11.4. The summed E-state index contributed by atoms with van der Waals surface area (Å²) in [6.45, 7) is 0. The minimum absolute atomic E-state index is 0.340. The van der Waals surface area contributed by atoms with E-state index in [4.69, 9.17) is 0 Å². The number of hydrogen-bond donors (Lipinski definition) is 1. The molecule has 6 rings (SSSR count). The molecule has 2 aliphatic carbocycles. The Balaban J connectivity index is 1.64. The van der Waals surface area contributed by atoms with Crippen molar-refractivity contribution < 1.29 is 0 Å². The van der Waals surface area contributed by atoms with Crippen molar-refractivity contribution in [2.75, 3.05) is 5.32 Å². The van der Waals surface area contributed by atoms with Crippen LogP contribution in [0.1, 0.15) is 35.1 Å². The van der Waals surface area contributed by atoms with Crippen LogP contribution in [0.2, 0.25) is 0 Å². The predicted octanol–water partition coefficient (Wildman–Crippen LogP) is 7.70. The van der Waals surface area contributed by atoms with E-state index in [1.807, 2.05) is 0 Å². The third kappa shape index (κ3) is 2.85. The lowest BCUT2D eigenvalue weighted by atomic mass is 9.67. The average Bonchev–Trinajstić information content (AvgIpc) is 3.16. The molecule has 2 aliphatic rings. The molecular weight excluding hydrogens is 386 g/mol. The van der Waals surface area contributed by atoms with Gasteiger partial charge < -0.3 is 5.32 Å². The standard InChI is InChI=1S/C31H25N/c1-4-12-23(13-5-1)31(24-14-6-2-7-15-24)29-19-11-10-18-27(29)28-21-20-26(22-30(28)31)32-25-16-8-3-9-17-25/h1-8,10-16,18-22,32H,9,17H2. The van der Waals surface area contributed by atoms with Crippen LogP contribution >= 0.6 is 0 Å². The molecule has 0 amide bonds. The van der Waals surface area contributed by atoms with Crippen molar-refractivity contribution in [1.29, 1.82) is 0 Å². The summed E-state index contributed by atoms with van der Waals surface area (Å²) in [5.74, 6) is 0. The highest BCUT2D eigenvalue weighted by Crippen LogP contribution is 2.56. The Hall–Kier alpha value is -3.84. The molecule has 0 aromatic heterocycles. The van der Waals surface area contributed by atoms with Crippen molar-refractivity contribution in [3.05, 3.63) is 149 Å². The average molecular weight is 412 g/mol. The van der Waals surface area contributed by atoms with E-state index >= 15 is 0 Å². The number of allylic oxidation sites excluding steroid dienone is 4. The van der Waals surface area contributed by atoms with Gasteiger partial charge in [0.15, 0.2) is 0 Å². The van der Waals surface area contributed by atoms with E-state index in [0.29, 0.717) is 0 Å². The minimum atomic E-state index is -0.340. The van der Waals surface area contributed by atoms with Gasteiger partial charge in [0.25, 0.3) is 0 Å². The molecule has 0 radical (unpaired) electrons. The smallest absolute Gasteiger partial charge is 0.0714 e. The number of anilines is 1. The monoisotopic (exact) mass is 411 g/mol. The molecular formula is C31H25N. The number of fused-ring (bicyclic) bond motifs is 3. The quantitative estimate of drug-likeness (QED) is 0.319. The Morgan fingerprint density at radius 1 is 0.625 bits per heavy atom. The highest BCUT2D eigenvalue weighted by molar-refractivity contribution is 5.87. The van der Waals surface area contributed by atoms with Crippen molar-refractivity contribution in [1.82, 2.24) is 0 Å². The maximum Gasteiger partial charge on any atom is 0.0714 e. The van der Waals surface area contributed by atoms with E-state index in [9.17, 15) is 0 Å². The lowest BCUT2D eigenvalue weighted by Gasteiger charge is -2.34. The maximum absolute atomic E-state index is 3.69. The van der Waals surface area contributed by atoms with Gasteiger partial charge in [-0.3, -0.25) is 0 Å². The SMILES string of the molecule is C1=CCCC(Nc2ccc3c(c2)C(c2ccccc2)(c2ccccc2)c2ccccc2-3)=C1. The van der Waals surface area contributed by atoms with Gasteiger partial charge in [0.05, 0.1) is 5.41 Å². The van der Waals surface area contributed by atoms with Gasteiger partial charge in [0.1, 0.15) is 0 Å². The molecule has 0 fully saturated rings. The second kappa shape index (κ2) is 7.69. The Kier molecular flexibility index (Phi) is 4.54. The molecule has 0 atom stereocenters. The van der Waals surface area contributed by atoms with E-state index in [1.54, 1.807) is 0 Å². The normalized spacial score (nSPS) is 15.6. The van der Waals surface area contributed by atoms with Gasteiger partial charge in [-0.1, -0.05) is 103 Å². The van der Waals surface area contributed by atoms with E-state index in [2.05, 4.69) is 127 Å². The van der Waals surface area contributed by atoms with E-state index < -0.39 is 0 Å². The zero-order chi connectivity index (χ0) is 21.4. The van der Waals surface area contributed by atoms with Gasteiger partial charge >= 0.3 is 0 Å². The molecule has 154 valence electrons. The van der Waals surface area contributed by atoms with Gasteiger partial charge in [0, 0.05) is 11.4 Å². The molecule has 1 nitrogen and oxygen atoms in total. The molecule has 4 aromatic carbocycles. The number of rotatable bonds is 4. The molecule has 32 heavy (non-hydrogen) atoms. The third-order valence-corrected chi connectivity index (χ3v) is 6.78. The van der Waals surface area contributed by atoms with Crippen molar-refractivity contribution in [3.8, 4) is 11.1 Å². The lowest BCUT2D eigenvalue weighted by Crippen LogP contribution is -2.28. The summed E-state index contributed by atoms with van der Waals surface area (Å²) in [4.78, 5) is 0. The highest BCUT2D eigenvalue weighted by Gasteiger charge is 2.45. The van der Waals surface area contributed by atoms with Gasteiger partial charge in [-0.2, -0.15) is 0 Å². The van der Waals surface area contributed by atoms with Gasteiger partial charge in [-0.25, -0.2) is 0 Å². The third-order valence-electron chi connectivity index (χ3n) is 6.78. The minimum Gasteiger partial charge on any atom is -0.359 e. The highest BCUT2D eigenvalue weighted by atomic mass is 14.9. The maximum atomic E-state index is 3.69. The summed E-state index contributed by atoms with van der Waals surface area (Å²) in [6.07, 6.45) is 8.70. The molecule has 0 saturated carbocycles. The molecule has 1 N–H and O–H groups in total. The number of benzene rings is 4. The Labute approximate surface area is 189 Å². The van der Waals surface area contributed by atoms with Crippen LogP contribution in [0.5, 0.6) is 0 Å². The lowest BCUT2D eigenvalue weighted by molar-refractivity contribution is 0.768. The molecule has 0 spiro atoms. The van der Waals surface area contributed by atoms with Crippen molar-refractivity contribution in [3.63, 3.8) is 0 Å². The van der Waals surface area contributed by atoms with Crippen LogP contribution in [0.4, 0.5) is 5.69 Å². The van der Waals surface area contributed by atoms with Gasteiger partial charge in [-0.05, 0) is 64.4 Å². The second-order valence-corrected chi connectivity index (χ2v) is 8.57. The number of hydrogen-bond acceptors (Lipinski definition) is 1. The molecule has 0 aliphatic heterocycles. The van der Waals surface area contributed by atoms with Crippen molar-refractivity contribution in [2.24, 2.45) is 0 Å². The fourth-order valence-corrected chi connectivity index (χ4v) is 5.41. The van der Waals surface area contributed by atoms with Crippen LogP contribution in [0.15, 0.2) is 127 Å². The second-order valence-electron chi connectivity index (χ2n) is 8.57. The Morgan fingerprint density at radius 2 is 1.28 bits per heavy atom. The fraction of sp³-hybridized carbons (Fsp3) is 0.0968. The van der Waals surface area contributed by atoms with E-state index in [1.165, 1.54) is 39.1 Å². The van der Waals surface area contributed by atoms with E-state index in [0.717, 1.165) is 18.5 Å². The summed E-state index contributed by atoms with van der Waals surface area (Å²) in [5.41, 5.74) is 10.0. The molecule has 0 bridgehead atoms. The molecule has 0 unspecified atom stereocenters. The zero-order valence-corrected chi connectivity index (χ0v) is 18.0. The van der Waals surface area contributed by atoms with Gasteiger partial charge in [0.2, 0.25) is 0 Å². The van der Waals surface area contributed by atoms with Gasteiger partial charge in [-0.15, -0.1) is 0 Å². The first-order valence-electron chi connectivity index (χ1n) is 11.4. The first-order chi connectivity index (χ1) is 15.9. The summed E-state index contributed by atoms with van der Waals surface area (Å²) in [6, 6.07) is 37.7. The topological polar surface area (TPSA) is 12.0 Å². The van der Waals surface area contributed by atoms with Crippen LogP contribution in [-0.4, -0.2) is 0 Å². The van der Waals surface area contributed by atoms with Crippen LogP contribution in [0, 0.1) is 0 Å². The molecule has 0 saturated heterocycles. The Bertz CT molecular complexity index is 1290. The molecule has 0 heterocycles. The fourth-order valence-electron chi connectivity index (χ4n) is 5.41. The van der Waals surface area contributed by atoms with Crippen LogP contribution in [0.25, 0.3) is 11.1 Å². The number of nitrogens with one attached hydrogen (secondary N) is 1. The summed E-state index contributed by atoms with van der Waals surface area (Å²) < 4.78 is 0. The Morgan fingerprint density at radius 3 is 1.97 bits per heavy atom. The van der Waals surface area contributed by atoms with Crippen molar-refractivity contribution >= 4 is 5.69 Å². The molecule has 4 aromatic rings. The van der Waals surface area contributed by atoms with Crippen LogP contribution in [-0.2, 0) is 5.41 Å². The summed E-state index contributed by atoms with van der Waals surface area (Å²) >= 11 is 0. The van der Waals surface area contributed by atoms with E-state index in [-0.39, 0.29) is 5.41 Å². The summed E-state index contributed by atoms with van der Waals surface area (Å²) in [5, 5.41) is 3.69. The summed E-state index contributed by atoms with van der Waals surface area (Å²) in [7, 11) is 0. The van der Waals surface area contributed by atoms with Crippen LogP contribution < -0.4 is 5.32 Å². The largest absolute Gasteiger partial charge is 0.359 e. The predicted molar refractivity (Wildman–Crippen MR) is 134 cm³/mol. The van der Waals surface area contributed by atoms with Crippen LogP contribution in [0.3, 0.4) is 0 Å².